The van der Waals surface area contributed by atoms with Crippen LogP contribution in [0, 0.1) is 33.6 Å². The Balaban J connectivity index is 2.18. The SMILES string of the molecule is Cc1cc(C)c(C)c(C(Br)CC2CCCCCC2)c1C. The Labute approximate surface area is 133 Å². The Bertz CT molecular complexity index is 427. The standard InChI is InChI=1S/C19H29Br/c1-13-11-14(2)16(4)19(15(13)3)18(20)12-17-9-7-5-6-8-10-17/h11,17-18H,5-10,12H2,1-4H3. The molecule has 0 heterocycles. The number of aryl methyl sites for hydroxylation is 2. The number of hydrogen-bond acceptors (Lipinski definition) is 0. The Hall–Kier alpha value is -0.300. The van der Waals surface area contributed by atoms with Gasteiger partial charge in [-0.25, -0.2) is 0 Å². The Morgan fingerprint density at radius 2 is 1.45 bits per heavy atom. The summed E-state index contributed by atoms with van der Waals surface area (Å²) in [6.45, 7) is 9.07. The largest absolute Gasteiger partial charge is 0.0838 e. The van der Waals surface area contributed by atoms with Crippen LogP contribution in [0.15, 0.2) is 6.07 Å². The zero-order valence-electron chi connectivity index (χ0n) is 13.6. The van der Waals surface area contributed by atoms with Gasteiger partial charge in [-0.3, -0.25) is 0 Å². The summed E-state index contributed by atoms with van der Waals surface area (Å²) in [4.78, 5) is 0.532. The van der Waals surface area contributed by atoms with Gasteiger partial charge in [0.25, 0.3) is 0 Å². The van der Waals surface area contributed by atoms with Gasteiger partial charge in [0, 0.05) is 4.83 Å². The van der Waals surface area contributed by atoms with Crippen molar-refractivity contribution in [3.8, 4) is 0 Å². The van der Waals surface area contributed by atoms with E-state index < -0.39 is 0 Å². The molecule has 1 aromatic carbocycles. The van der Waals surface area contributed by atoms with Crippen LogP contribution in [0.5, 0.6) is 0 Å². The third kappa shape index (κ3) is 3.67. The quantitative estimate of drug-likeness (QED) is 0.424. The second kappa shape index (κ2) is 7.11. The highest BCUT2D eigenvalue weighted by Gasteiger charge is 2.21. The summed E-state index contributed by atoms with van der Waals surface area (Å²) in [6, 6.07) is 2.33. The van der Waals surface area contributed by atoms with Crippen LogP contribution in [0.4, 0.5) is 0 Å². The number of hydrogen-bond donors (Lipinski definition) is 0. The highest BCUT2D eigenvalue weighted by atomic mass is 79.9. The Morgan fingerprint density at radius 3 is 1.95 bits per heavy atom. The molecule has 1 unspecified atom stereocenters. The third-order valence-corrected chi connectivity index (χ3v) is 6.08. The maximum Gasteiger partial charge on any atom is 0.0403 e. The van der Waals surface area contributed by atoms with Gasteiger partial charge in [-0.1, -0.05) is 60.5 Å². The van der Waals surface area contributed by atoms with Gasteiger partial charge in [0.1, 0.15) is 0 Å². The van der Waals surface area contributed by atoms with Crippen LogP contribution in [0.3, 0.4) is 0 Å². The predicted molar refractivity (Wildman–Crippen MR) is 92.9 cm³/mol. The summed E-state index contributed by atoms with van der Waals surface area (Å²) >= 11 is 4.02. The number of benzene rings is 1. The van der Waals surface area contributed by atoms with E-state index in [-0.39, 0.29) is 0 Å². The fraction of sp³-hybridized carbons (Fsp3) is 0.684. The number of rotatable bonds is 3. The van der Waals surface area contributed by atoms with Crippen LogP contribution in [0.25, 0.3) is 0 Å². The van der Waals surface area contributed by atoms with Crippen LogP contribution in [0.2, 0.25) is 0 Å². The molecule has 0 saturated heterocycles. The third-order valence-electron chi connectivity index (χ3n) is 5.25. The van der Waals surface area contributed by atoms with Gasteiger partial charge in [0.15, 0.2) is 0 Å². The van der Waals surface area contributed by atoms with Crippen molar-refractivity contribution in [1.82, 2.24) is 0 Å². The normalized spacial score (nSPS) is 18.9. The highest BCUT2D eigenvalue weighted by Crippen LogP contribution is 2.39. The van der Waals surface area contributed by atoms with Crippen molar-refractivity contribution in [3.05, 3.63) is 33.9 Å². The lowest BCUT2D eigenvalue weighted by Gasteiger charge is -2.23. The van der Waals surface area contributed by atoms with Crippen molar-refractivity contribution in [2.75, 3.05) is 0 Å². The van der Waals surface area contributed by atoms with Crippen LogP contribution in [0.1, 0.15) is 77.6 Å². The van der Waals surface area contributed by atoms with Crippen LogP contribution in [-0.4, -0.2) is 0 Å². The Kier molecular flexibility index (Phi) is 5.72. The van der Waals surface area contributed by atoms with Gasteiger partial charge >= 0.3 is 0 Å². The Morgan fingerprint density at radius 1 is 0.950 bits per heavy atom. The molecular formula is C19H29Br. The van der Waals surface area contributed by atoms with E-state index >= 15 is 0 Å². The molecule has 0 aliphatic heterocycles. The fourth-order valence-corrected chi connectivity index (χ4v) is 4.94. The molecule has 0 N–H and O–H groups in total. The maximum absolute atomic E-state index is 4.02. The first-order valence-corrected chi connectivity index (χ1v) is 9.13. The van der Waals surface area contributed by atoms with E-state index in [4.69, 9.17) is 0 Å². The second-order valence-electron chi connectivity index (χ2n) is 6.73. The summed E-state index contributed by atoms with van der Waals surface area (Å²) in [5.41, 5.74) is 7.42. The summed E-state index contributed by atoms with van der Waals surface area (Å²) in [5, 5.41) is 0. The maximum atomic E-state index is 4.02. The molecule has 0 spiro atoms. The molecular weight excluding hydrogens is 308 g/mol. The van der Waals surface area contributed by atoms with Crippen LogP contribution in [-0.2, 0) is 0 Å². The van der Waals surface area contributed by atoms with Gasteiger partial charge < -0.3 is 0 Å². The van der Waals surface area contributed by atoms with E-state index in [1.807, 2.05) is 0 Å². The molecule has 0 nitrogen and oxygen atoms in total. The average molecular weight is 337 g/mol. The molecule has 20 heavy (non-hydrogen) atoms. The van der Waals surface area contributed by atoms with Crippen molar-refractivity contribution >= 4 is 15.9 Å². The number of halogens is 1. The average Bonchev–Trinajstić information content (AvgIpc) is 2.65. The summed E-state index contributed by atoms with van der Waals surface area (Å²) in [6.07, 6.45) is 9.96. The van der Waals surface area contributed by atoms with Crippen molar-refractivity contribution in [3.63, 3.8) is 0 Å². The minimum absolute atomic E-state index is 0.532. The molecule has 1 aliphatic carbocycles. The van der Waals surface area contributed by atoms with Crippen molar-refractivity contribution in [2.45, 2.75) is 77.5 Å². The molecule has 1 atom stereocenters. The van der Waals surface area contributed by atoms with Gasteiger partial charge in [-0.15, -0.1) is 0 Å². The van der Waals surface area contributed by atoms with Gasteiger partial charge in [0.2, 0.25) is 0 Å². The van der Waals surface area contributed by atoms with Gasteiger partial charge in [0.05, 0.1) is 0 Å². The highest BCUT2D eigenvalue weighted by molar-refractivity contribution is 9.09. The van der Waals surface area contributed by atoms with E-state index in [2.05, 4.69) is 49.7 Å². The molecule has 0 radical (unpaired) electrons. The first-order valence-electron chi connectivity index (χ1n) is 8.22. The van der Waals surface area contributed by atoms with E-state index in [9.17, 15) is 0 Å². The molecule has 0 aromatic heterocycles. The monoisotopic (exact) mass is 336 g/mol. The van der Waals surface area contributed by atoms with E-state index in [1.54, 1.807) is 5.56 Å². The number of alkyl halides is 1. The smallest absolute Gasteiger partial charge is 0.0403 e. The van der Waals surface area contributed by atoms with Crippen molar-refractivity contribution < 1.29 is 0 Å². The molecule has 1 aliphatic rings. The van der Waals surface area contributed by atoms with E-state index in [1.165, 1.54) is 67.2 Å². The van der Waals surface area contributed by atoms with E-state index in [0.29, 0.717) is 4.83 Å². The fourth-order valence-electron chi connectivity index (χ4n) is 3.73. The minimum Gasteiger partial charge on any atom is -0.0838 e. The molecule has 1 saturated carbocycles. The topological polar surface area (TPSA) is 0 Å². The van der Waals surface area contributed by atoms with Crippen LogP contribution >= 0.6 is 15.9 Å². The summed E-state index contributed by atoms with van der Waals surface area (Å²) in [5.74, 6) is 0.918. The minimum atomic E-state index is 0.532. The van der Waals surface area contributed by atoms with Crippen LogP contribution < -0.4 is 0 Å². The van der Waals surface area contributed by atoms with Gasteiger partial charge in [-0.2, -0.15) is 0 Å². The lowest BCUT2D eigenvalue weighted by Crippen LogP contribution is -2.07. The second-order valence-corrected chi connectivity index (χ2v) is 7.84. The molecule has 0 bridgehead atoms. The lowest BCUT2D eigenvalue weighted by atomic mass is 9.87. The first-order chi connectivity index (χ1) is 9.50. The summed E-state index contributed by atoms with van der Waals surface area (Å²) in [7, 11) is 0. The zero-order valence-corrected chi connectivity index (χ0v) is 15.1. The lowest BCUT2D eigenvalue weighted by molar-refractivity contribution is 0.426. The molecule has 1 heteroatoms. The zero-order chi connectivity index (χ0) is 14.7. The predicted octanol–water partition coefficient (Wildman–Crippen LogP) is 6.72. The molecule has 2 rings (SSSR count). The van der Waals surface area contributed by atoms with Crippen molar-refractivity contribution in [2.24, 2.45) is 5.92 Å². The van der Waals surface area contributed by atoms with E-state index in [0.717, 1.165) is 5.92 Å². The summed E-state index contributed by atoms with van der Waals surface area (Å²) < 4.78 is 0. The van der Waals surface area contributed by atoms with Gasteiger partial charge in [-0.05, 0) is 67.9 Å². The van der Waals surface area contributed by atoms with Crippen molar-refractivity contribution in [1.29, 1.82) is 0 Å². The molecule has 0 amide bonds. The molecule has 112 valence electrons. The molecule has 1 fully saturated rings. The first kappa shape index (κ1) is 16.1. The molecule has 1 aromatic rings.